The highest BCUT2D eigenvalue weighted by Crippen LogP contribution is 2.37. The summed E-state index contributed by atoms with van der Waals surface area (Å²) in [7, 11) is 0. The van der Waals surface area contributed by atoms with Crippen molar-refractivity contribution in [2.75, 3.05) is 26.2 Å². The van der Waals surface area contributed by atoms with E-state index in [2.05, 4.69) is 37.9 Å². The molecule has 1 atom stereocenters. The van der Waals surface area contributed by atoms with Gasteiger partial charge in [0.1, 0.15) is 0 Å². The van der Waals surface area contributed by atoms with Crippen LogP contribution in [0.1, 0.15) is 66.2 Å². The molecule has 2 rings (SSSR count). The van der Waals surface area contributed by atoms with Crippen LogP contribution < -0.4 is 5.32 Å². The van der Waals surface area contributed by atoms with Crippen LogP contribution in [-0.4, -0.2) is 37.1 Å². The maximum atomic E-state index is 3.84. The summed E-state index contributed by atoms with van der Waals surface area (Å²) in [5, 5.41) is 3.84. The zero-order chi connectivity index (χ0) is 14.6. The third-order valence-corrected chi connectivity index (χ3v) is 5.48. The maximum Gasteiger partial charge on any atom is 0.00673 e. The number of nitrogens with zero attached hydrogens (tertiary/aromatic N) is 1. The molecule has 118 valence electrons. The summed E-state index contributed by atoms with van der Waals surface area (Å²) in [6.45, 7) is 14.8. The summed E-state index contributed by atoms with van der Waals surface area (Å²) in [5.41, 5.74) is 0.508. The Labute approximate surface area is 126 Å². The highest BCUT2D eigenvalue weighted by molar-refractivity contribution is 4.83. The van der Waals surface area contributed by atoms with Crippen LogP contribution in [0, 0.1) is 17.3 Å². The van der Waals surface area contributed by atoms with Crippen molar-refractivity contribution >= 4 is 0 Å². The first kappa shape index (κ1) is 16.3. The van der Waals surface area contributed by atoms with Crippen LogP contribution in [0.25, 0.3) is 0 Å². The predicted octanol–water partition coefficient (Wildman–Crippen LogP) is 3.91. The summed E-state index contributed by atoms with van der Waals surface area (Å²) in [6, 6.07) is 0.787. The van der Waals surface area contributed by atoms with E-state index in [1.54, 1.807) is 0 Å². The highest BCUT2D eigenvalue weighted by Gasteiger charge is 2.29. The summed E-state index contributed by atoms with van der Waals surface area (Å²) in [4.78, 5) is 2.64. The van der Waals surface area contributed by atoms with Gasteiger partial charge in [-0.1, -0.05) is 27.7 Å². The molecule has 1 saturated carbocycles. The lowest BCUT2D eigenvalue weighted by Gasteiger charge is -2.37. The molecular weight excluding hydrogens is 244 g/mol. The molecule has 1 N–H and O–H groups in total. The van der Waals surface area contributed by atoms with Gasteiger partial charge in [0.2, 0.25) is 0 Å². The Hall–Kier alpha value is -0.0800. The quantitative estimate of drug-likeness (QED) is 0.821. The van der Waals surface area contributed by atoms with Gasteiger partial charge in [0, 0.05) is 12.6 Å². The Morgan fingerprint density at radius 1 is 1.05 bits per heavy atom. The normalized spacial score (nSPS) is 30.6. The third kappa shape index (κ3) is 5.04. The van der Waals surface area contributed by atoms with Gasteiger partial charge in [-0.15, -0.1) is 0 Å². The molecule has 1 aliphatic heterocycles. The average Bonchev–Trinajstić information content (AvgIpc) is 2.88. The van der Waals surface area contributed by atoms with Crippen molar-refractivity contribution in [3.8, 4) is 0 Å². The summed E-state index contributed by atoms with van der Waals surface area (Å²) < 4.78 is 0. The van der Waals surface area contributed by atoms with Crippen molar-refractivity contribution in [1.29, 1.82) is 0 Å². The first-order valence-electron chi connectivity index (χ1n) is 8.91. The molecule has 1 aliphatic carbocycles. The van der Waals surface area contributed by atoms with Crippen LogP contribution in [0.3, 0.4) is 0 Å². The van der Waals surface area contributed by atoms with Crippen LogP contribution in [0.5, 0.6) is 0 Å². The minimum atomic E-state index is 0.508. The number of hydrogen-bond donors (Lipinski definition) is 1. The number of hydrogen-bond acceptors (Lipinski definition) is 2. The average molecular weight is 280 g/mol. The summed E-state index contributed by atoms with van der Waals surface area (Å²) in [5.74, 6) is 1.73. The second-order valence-corrected chi connectivity index (χ2v) is 8.44. The Morgan fingerprint density at radius 3 is 2.20 bits per heavy atom. The van der Waals surface area contributed by atoms with Gasteiger partial charge in [0.25, 0.3) is 0 Å². The minimum Gasteiger partial charge on any atom is -0.314 e. The first-order chi connectivity index (χ1) is 9.45. The number of likely N-dealkylation sites (tertiary alicyclic amines) is 1. The predicted molar refractivity (Wildman–Crippen MR) is 88.0 cm³/mol. The maximum absolute atomic E-state index is 3.84. The van der Waals surface area contributed by atoms with Crippen LogP contribution in [0.4, 0.5) is 0 Å². The standard InChI is InChI=1S/C18H36N2/c1-15(14-20-11-5-6-12-20)13-19-17-9-7-16(8-10-17)18(2,3)4/h15-17,19H,5-14H2,1-4H3. The summed E-state index contributed by atoms with van der Waals surface area (Å²) in [6.07, 6.45) is 8.44. The molecule has 2 heteroatoms. The molecule has 0 aromatic carbocycles. The molecule has 1 saturated heterocycles. The molecule has 2 fully saturated rings. The molecule has 0 aromatic heterocycles. The van der Waals surface area contributed by atoms with E-state index in [-0.39, 0.29) is 0 Å². The van der Waals surface area contributed by atoms with Crippen LogP contribution in [0.2, 0.25) is 0 Å². The van der Waals surface area contributed by atoms with Gasteiger partial charge in [-0.25, -0.2) is 0 Å². The lowest BCUT2D eigenvalue weighted by Crippen LogP contribution is -2.40. The second-order valence-electron chi connectivity index (χ2n) is 8.44. The van der Waals surface area contributed by atoms with Crippen molar-refractivity contribution in [3.63, 3.8) is 0 Å². The fourth-order valence-electron chi connectivity index (χ4n) is 4.00. The molecule has 1 heterocycles. The molecule has 0 amide bonds. The van der Waals surface area contributed by atoms with Crippen molar-refractivity contribution in [2.45, 2.75) is 72.3 Å². The number of rotatable bonds is 5. The Morgan fingerprint density at radius 2 is 1.65 bits per heavy atom. The molecule has 0 aromatic rings. The Balaban J connectivity index is 1.60. The molecule has 1 unspecified atom stereocenters. The van der Waals surface area contributed by atoms with Crippen molar-refractivity contribution in [3.05, 3.63) is 0 Å². The van der Waals surface area contributed by atoms with Crippen LogP contribution in [-0.2, 0) is 0 Å². The fraction of sp³-hybridized carbons (Fsp3) is 1.00. The van der Waals surface area contributed by atoms with Gasteiger partial charge >= 0.3 is 0 Å². The van der Waals surface area contributed by atoms with Crippen molar-refractivity contribution in [2.24, 2.45) is 17.3 Å². The van der Waals surface area contributed by atoms with Crippen LogP contribution >= 0.6 is 0 Å². The molecule has 0 bridgehead atoms. The van der Waals surface area contributed by atoms with E-state index >= 15 is 0 Å². The van der Waals surface area contributed by atoms with Gasteiger partial charge in [-0.3, -0.25) is 0 Å². The zero-order valence-electron chi connectivity index (χ0n) is 14.3. The first-order valence-corrected chi connectivity index (χ1v) is 8.91. The van der Waals surface area contributed by atoms with Gasteiger partial charge in [-0.2, -0.15) is 0 Å². The Kier molecular flexibility index (Phi) is 5.92. The van der Waals surface area contributed by atoms with Crippen LogP contribution in [0.15, 0.2) is 0 Å². The number of nitrogens with one attached hydrogen (secondary N) is 1. The lowest BCUT2D eigenvalue weighted by atomic mass is 9.71. The van der Waals surface area contributed by atoms with Crippen molar-refractivity contribution in [1.82, 2.24) is 10.2 Å². The molecule has 20 heavy (non-hydrogen) atoms. The van der Waals surface area contributed by atoms with E-state index in [1.165, 1.54) is 64.7 Å². The van der Waals surface area contributed by atoms with Crippen molar-refractivity contribution < 1.29 is 0 Å². The molecular formula is C18H36N2. The van der Waals surface area contributed by atoms with Gasteiger partial charge < -0.3 is 10.2 Å². The highest BCUT2D eigenvalue weighted by atomic mass is 15.1. The van der Waals surface area contributed by atoms with E-state index in [4.69, 9.17) is 0 Å². The van der Waals surface area contributed by atoms with E-state index in [0.29, 0.717) is 5.41 Å². The fourth-order valence-corrected chi connectivity index (χ4v) is 4.00. The molecule has 2 aliphatic rings. The van der Waals surface area contributed by atoms with E-state index in [9.17, 15) is 0 Å². The van der Waals surface area contributed by atoms with Gasteiger partial charge in [0.15, 0.2) is 0 Å². The topological polar surface area (TPSA) is 15.3 Å². The SMILES string of the molecule is CC(CNC1CCC(C(C)(C)C)CC1)CN1CCCC1. The van der Waals surface area contributed by atoms with Gasteiger partial charge in [0.05, 0.1) is 0 Å². The largest absolute Gasteiger partial charge is 0.314 e. The zero-order valence-corrected chi connectivity index (χ0v) is 14.3. The third-order valence-electron chi connectivity index (χ3n) is 5.48. The molecule has 2 nitrogen and oxygen atoms in total. The van der Waals surface area contributed by atoms with E-state index in [0.717, 1.165) is 17.9 Å². The smallest absolute Gasteiger partial charge is 0.00673 e. The van der Waals surface area contributed by atoms with E-state index < -0.39 is 0 Å². The van der Waals surface area contributed by atoms with E-state index in [1.807, 2.05) is 0 Å². The Bertz CT molecular complexity index is 268. The van der Waals surface area contributed by atoms with Gasteiger partial charge in [-0.05, 0) is 75.4 Å². The summed E-state index contributed by atoms with van der Waals surface area (Å²) >= 11 is 0. The molecule has 0 radical (unpaired) electrons. The second kappa shape index (κ2) is 7.26. The monoisotopic (exact) mass is 280 g/mol. The molecule has 0 spiro atoms. The lowest BCUT2D eigenvalue weighted by molar-refractivity contribution is 0.157. The minimum absolute atomic E-state index is 0.508.